The molecule has 0 aliphatic rings. The van der Waals surface area contributed by atoms with Crippen LogP contribution in [0.2, 0.25) is 0 Å². The third-order valence-electron chi connectivity index (χ3n) is 3.09. The molecule has 0 saturated carbocycles. The first-order chi connectivity index (χ1) is 12.5. The third kappa shape index (κ3) is 6.76. The Balaban J connectivity index is 1.65. The maximum atomic E-state index is 12.0. The molecule has 0 heterocycles. The topological polar surface area (TPSA) is 73.9 Å². The van der Waals surface area contributed by atoms with E-state index in [1.807, 2.05) is 18.2 Å². The van der Waals surface area contributed by atoms with Crippen molar-refractivity contribution in [2.75, 3.05) is 19.8 Å². The van der Waals surface area contributed by atoms with Gasteiger partial charge in [-0.2, -0.15) is 8.78 Å². The standard InChI is InChI=1S/C18H17F2NO5/c19-18(20)26-15-8-6-13(7-9-15)17(23)25-12-16(22)21-10-11-24-14-4-2-1-3-5-14/h1-9,18H,10-12H2,(H,21,22). The lowest BCUT2D eigenvalue weighted by Gasteiger charge is -2.08. The molecule has 0 fully saturated rings. The Morgan fingerprint density at radius 3 is 2.31 bits per heavy atom. The molecule has 8 heteroatoms. The van der Waals surface area contributed by atoms with Crippen molar-refractivity contribution < 1.29 is 32.6 Å². The van der Waals surface area contributed by atoms with Gasteiger partial charge in [0.1, 0.15) is 18.1 Å². The quantitative estimate of drug-likeness (QED) is 0.546. The zero-order valence-corrected chi connectivity index (χ0v) is 13.7. The lowest BCUT2D eigenvalue weighted by molar-refractivity contribution is -0.124. The van der Waals surface area contributed by atoms with E-state index in [-0.39, 0.29) is 24.5 Å². The average Bonchev–Trinajstić information content (AvgIpc) is 2.64. The largest absolute Gasteiger partial charge is 0.492 e. The summed E-state index contributed by atoms with van der Waals surface area (Å²) in [6.45, 7) is -2.87. The smallest absolute Gasteiger partial charge is 0.387 e. The van der Waals surface area contributed by atoms with Crippen LogP contribution in [0, 0.1) is 0 Å². The molecule has 0 bridgehead atoms. The summed E-state index contributed by atoms with van der Waals surface area (Å²) >= 11 is 0. The molecule has 2 rings (SSSR count). The number of esters is 1. The summed E-state index contributed by atoms with van der Waals surface area (Å²) in [4.78, 5) is 23.4. The Hall–Kier alpha value is -3.16. The van der Waals surface area contributed by atoms with Crippen LogP contribution in [-0.4, -0.2) is 38.2 Å². The normalized spacial score (nSPS) is 10.3. The van der Waals surface area contributed by atoms with Gasteiger partial charge in [0, 0.05) is 0 Å². The number of ether oxygens (including phenoxy) is 3. The van der Waals surface area contributed by atoms with Gasteiger partial charge in [-0.3, -0.25) is 4.79 Å². The number of carbonyl (C=O) groups is 2. The van der Waals surface area contributed by atoms with Gasteiger partial charge in [-0.25, -0.2) is 4.79 Å². The summed E-state index contributed by atoms with van der Waals surface area (Å²) < 4.78 is 38.5. The highest BCUT2D eigenvalue weighted by atomic mass is 19.3. The van der Waals surface area contributed by atoms with E-state index in [4.69, 9.17) is 9.47 Å². The van der Waals surface area contributed by atoms with Gasteiger partial charge in [0.25, 0.3) is 5.91 Å². The number of benzene rings is 2. The minimum atomic E-state index is -2.94. The predicted molar refractivity (Wildman–Crippen MR) is 88.3 cm³/mol. The number of para-hydroxylation sites is 1. The molecule has 6 nitrogen and oxygen atoms in total. The molecule has 0 unspecified atom stereocenters. The Labute approximate surface area is 148 Å². The molecule has 0 atom stereocenters. The van der Waals surface area contributed by atoms with Crippen molar-refractivity contribution in [3.8, 4) is 11.5 Å². The number of alkyl halides is 2. The lowest BCUT2D eigenvalue weighted by Crippen LogP contribution is -2.32. The molecule has 0 saturated heterocycles. The molecule has 0 aromatic heterocycles. The summed E-state index contributed by atoms with van der Waals surface area (Å²) in [5, 5.41) is 2.55. The van der Waals surface area contributed by atoms with Gasteiger partial charge < -0.3 is 19.5 Å². The van der Waals surface area contributed by atoms with E-state index in [1.165, 1.54) is 24.3 Å². The number of amides is 1. The van der Waals surface area contributed by atoms with Gasteiger partial charge in [0.15, 0.2) is 6.61 Å². The minimum Gasteiger partial charge on any atom is -0.492 e. The number of rotatable bonds is 9. The second kappa shape index (κ2) is 9.97. The molecule has 26 heavy (non-hydrogen) atoms. The first-order valence-corrected chi connectivity index (χ1v) is 7.71. The molecule has 0 aliphatic heterocycles. The molecule has 1 amide bonds. The fraction of sp³-hybridized carbons (Fsp3) is 0.222. The first-order valence-electron chi connectivity index (χ1n) is 7.71. The molecule has 0 aliphatic carbocycles. The van der Waals surface area contributed by atoms with Crippen LogP contribution in [0.4, 0.5) is 8.78 Å². The lowest BCUT2D eigenvalue weighted by atomic mass is 10.2. The summed E-state index contributed by atoms with van der Waals surface area (Å²) in [5.41, 5.74) is 0.117. The fourth-order valence-corrected chi connectivity index (χ4v) is 1.91. The van der Waals surface area contributed by atoms with Crippen molar-refractivity contribution in [2.24, 2.45) is 0 Å². The SMILES string of the molecule is O=C(COC(=O)c1ccc(OC(F)F)cc1)NCCOc1ccccc1. The van der Waals surface area contributed by atoms with Crippen LogP contribution in [0.25, 0.3) is 0 Å². The van der Waals surface area contributed by atoms with Gasteiger partial charge in [0.05, 0.1) is 12.1 Å². The summed E-state index contributed by atoms with van der Waals surface area (Å²) in [6.07, 6.45) is 0. The second-order valence-corrected chi connectivity index (χ2v) is 4.99. The van der Waals surface area contributed by atoms with Crippen molar-refractivity contribution in [1.82, 2.24) is 5.32 Å². The van der Waals surface area contributed by atoms with Gasteiger partial charge in [0.2, 0.25) is 0 Å². The molecule has 0 radical (unpaired) electrons. The Morgan fingerprint density at radius 2 is 1.65 bits per heavy atom. The van der Waals surface area contributed by atoms with E-state index in [0.717, 1.165) is 0 Å². The van der Waals surface area contributed by atoms with Crippen LogP contribution in [0.15, 0.2) is 54.6 Å². The van der Waals surface area contributed by atoms with Crippen molar-refractivity contribution in [3.05, 3.63) is 60.2 Å². The van der Waals surface area contributed by atoms with Crippen molar-refractivity contribution in [3.63, 3.8) is 0 Å². The Morgan fingerprint density at radius 1 is 0.962 bits per heavy atom. The van der Waals surface area contributed by atoms with Gasteiger partial charge in [-0.05, 0) is 36.4 Å². The van der Waals surface area contributed by atoms with Crippen LogP contribution in [0.5, 0.6) is 11.5 Å². The van der Waals surface area contributed by atoms with E-state index < -0.39 is 25.1 Å². The Bertz CT molecular complexity index is 707. The van der Waals surface area contributed by atoms with Gasteiger partial charge in [-0.15, -0.1) is 0 Å². The van der Waals surface area contributed by atoms with E-state index in [9.17, 15) is 18.4 Å². The van der Waals surface area contributed by atoms with Crippen molar-refractivity contribution in [1.29, 1.82) is 0 Å². The summed E-state index contributed by atoms with van der Waals surface area (Å²) in [7, 11) is 0. The van der Waals surface area contributed by atoms with Crippen molar-refractivity contribution in [2.45, 2.75) is 6.61 Å². The zero-order valence-electron chi connectivity index (χ0n) is 13.7. The van der Waals surface area contributed by atoms with Crippen LogP contribution in [0.1, 0.15) is 10.4 Å². The zero-order chi connectivity index (χ0) is 18.8. The van der Waals surface area contributed by atoms with Crippen LogP contribution < -0.4 is 14.8 Å². The predicted octanol–water partition coefficient (Wildman–Crippen LogP) is 2.64. The fourth-order valence-electron chi connectivity index (χ4n) is 1.91. The minimum absolute atomic E-state index is 0.0762. The van der Waals surface area contributed by atoms with E-state index in [2.05, 4.69) is 10.1 Å². The first kappa shape index (κ1) is 19.2. The molecule has 0 spiro atoms. The summed E-state index contributed by atoms with van der Waals surface area (Å²) in [6, 6.07) is 14.1. The van der Waals surface area contributed by atoms with Gasteiger partial charge in [-0.1, -0.05) is 18.2 Å². The number of nitrogens with one attached hydrogen (secondary N) is 1. The molecule has 2 aromatic carbocycles. The number of hydrogen-bond donors (Lipinski definition) is 1. The molecule has 1 N–H and O–H groups in total. The van der Waals surface area contributed by atoms with Gasteiger partial charge >= 0.3 is 12.6 Å². The van der Waals surface area contributed by atoms with Crippen molar-refractivity contribution >= 4 is 11.9 Å². The number of carbonyl (C=O) groups excluding carboxylic acids is 2. The van der Waals surface area contributed by atoms with Crippen LogP contribution in [-0.2, 0) is 9.53 Å². The maximum Gasteiger partial charge on any atom is 0.387 e. The number of halogens is 2. The average molecular weight is 365 g/mol. The van der Waals surface area contributed by atoms with Crippen LogP contribution in [0.3, 0.4) is 0 Å². The van der Waals surface area contributed by atoms with E-state index in [0.29, 0.717) is 5.75 Å². The maximum absolute atomic E-state index is 12.0. The van der Waals surface area contributed by atoms with E-state index in [1.54, 1.807) is 12.1 Å². The molecule has 2 aromatic rings. The molecule has 138 valence electrons. The van der Waals surface area contributed by atoms with E-state index >= 15 is 0 Å². The third-order valence-corrected chi connectivity index (χ3v) is 3.09. The monoisotopic (exact) mass is 365 g/mol. The highest BCUT2D eigenvalue weighted by Crippen LogP contribution is 2.15. The van der Waals surface area contributed by atoms with Crippen LogP contribution >= 0.6 is 0 Å². The second-order valence-electron chi connectivity index (χ2n) is 4.99. The molecular weight excluding hydrogens is 348 g/mol. The summed E-state index contributed by atoms with van der Waals surface area (Å²) in [5.74, 6) is -0.614. The highest BCUT2D eigenvalue weighted by molar-refractivity contribution is 5.91. The highest BCUT2D eigenvalue weighted by Gasteiger charge is 2.11. The molecular formula is C18H17F2NO5. The Kier molecular flexibility index (Phi) is 7.35. The number of hydrogen-bond acceptors (Lipinski definition) is 5.